The van der Waals surface area contributed by atoms with Crippen LogP contribution in [-0.4, -0.2) is 54.2 Å². The van der Waals surface area contributed by atoms with Gasteiger partial charge in [0, 0.05) is 12.1 Å². The predicted molar refractivity (Wildman–Crippen MR) is 112 cm³/mol. The molecule has 0 aliphatic carbocycles. The van der Waals surface area contributed by atoms with Gasteiger partial charge >= 0.3 is 0 Å². The summed E-state index contributed by atoms with van der Waals surface area (Å²) in [6.07, 6.45) is 0.0326. The first-order valence-corrected chi connectivity index (χ1v) is 11.4. The van der Waals surface area contributed by atoms with E-state index in [1.807, 2.05) is 23.6 Å². The second kappa shape index (κ2) is 10.0. The third-order valence-corrected chi connectivity index (χ3v) is 6.29. The number of thioether (sulfide) groups is 1. The van der Waals surface area contributed by atoms with Crippen molar-refractivity contribution in [3.63, 3.8) is 0 Å². The summed E-state index contributed by atoms with van der Waals surface area (Å²) in [5.74, 6) is 0.656. The average molecular weight is 432 g/mol. The SMILES string of the molecule is O=C(CSc1nnc(-c2cccs2)o1)NC[C@@H]1C[NH+](Cc2ccccc2)CCO1. The lowest BCUT2D eigenvalue weighted by Crippen LogP contribution is -3.13. The standard InChI is InChI=1S/C20H22N4O3S2/c25-18(14-29-20-23-22-19(27-20)17-7-4-10-28-17)21-11-16-13-24(8-9-26-16)12-15-5-2-1-3-6-15/h1-7,10,16H,8-9,11-14H2,(H,21,25)/p+1/t16-/m1/s1. The Morgan fingerprint density at radius 2 is 2.14 bits per heavy atom. The fourth-order valence-electron chi connectivity index (χ4n) is 3.20. The highest BCUT2D eigenvalue weighted by Gasteiger charge is 2.24. The molecule has 0 spiro atoms. The van der Waals surface area contributed by atoms with E-state index >= 15 is 0 Å². The van der Waals surface area contributed by atoms with Gasteiger partial charge in [-0.05, 0) is 11.4 Å². The summed E-state index contributed by atoms with van der Waals surface area (Å²) in [4.78, 5) is 14.6. The Labute approximate surface area is 177 Å². The Morgan fingerprint density at radius 3 is 2.97 bits per heavy atom. The molecule has 152 valence electrons. The van der Waals surface area contributed by atoms with Crippen molar-refractivity contribution >= 4 is 29.0 Å². The van der Waals surface area contributed by atoms with Gasteiger partial charge in [0.15, 0.2) is 0 Å². The third-order valence-electron chi connectivity index (χ3n) is 4.61. The quantitative estimate of drug-likeness (QED) is 0.526. The molecule has 7 nitrogen and oxygen atoms in total. The number of morpholine rings is 1. The summed E-state index contributed by atoms with van der Waals surface area (Å²) in [5.41, 5.74) is 1.32. The summed E-state index contributed by atoms with van der Waals surface area (Å²) in [6, 6.07) is 14.3. The van der Waals surface area contributed by atoms with Crippen LogP contribution in [0.1, 0.15) is 5.56 Å². The molecular formula is C20H23N4O3S2+. The Hall–Kier alpha value is -2.20. The topological polar surface area (TPSA) is 81.7 Å². The number of benzene rings is 1. The number of hydrogen-bond donors (Lipinski definition) is 2. The maximum absolute atomic E-state index is 12.2. The molecule has 0 saturated carbocycles. The summed E-state index contributed by atoms with van der Waals surface area (Å²) in [7, 11) is 0. The van der Waals surface area contributed by atoms with Gasteiger partial charge in [0.2, 0.25) is 5.91 Å². The van der Waals surface area contributed by atoms with Crippen molar-refractivity contribution < 1.29 is 18.8 Å². The zero-order chi connectivity index (χ0) is 19.9. The molecule has 2 N–H and O–H groups in total. The zero-order valence-corrected chi connectivity index (χ0v) is 17.5. The molecule has 4 rings (SSSR count). The van der Waals surface area contributed by atoms with Crippen molar-refractivity contribution in [2.75, 3.05) is 32.0 Å². The van der Waals surface area contributed by atoms with E-state index < -0.39 is 0 Å². The van der Waals surface area contributed by atoms with E-state index in [1.165, 1.54) is 33.6 Å². The first-order valence-electron chi connectivity index (χ1n) is 9.52. The Balaban J connectivity index is 1.18. The molecule has 0 radical (unpaired) electrons. The van der Waals surface area contributed by atoms with Crippen LogP contribution in [0.2, 0.25) is 0 Å². The molecule has 1 saturated heterocycles. The van der Waals surface area contributed by atoms with Crippen LogP contribution in [0.4, 0.5) is 0 Å². The Bertz CT molecular complexity index is 902. The van der Waals surface area contributed by atoms with Crippen LogP contribution in [0.25, 0.3) is 10.8 Å². The highest BCUT2D eigenvalue weighted by molar-refractivity contribution is 7.99. The lowest BCUT2D eigenvalue weighted by molar-refractivity contribution is -0.925. The predicted octanol–water partition coefficient (Wildman–Crippen LogP) is 1.49. The normalized spacial score (nSPS) is 19.2. The lowest BCUT2D eigenvalue weighted by Gasteiger charge is -2.30. The van der Waals surface area contributed by atoms with Crippen LogP contribution >= 0.6 is 23.1 Å². The van der Waals surface area contributed by atoms with Crippen molar-refractivity contribution in [1.29, 1.82) is 0 Å². The monoisotopic (exact) mass is 431 g/mol. The highest BCUT2D eigenvalue weighted by Crippen LogP contribution is 2.26. The van der Waals surface area contributed by atoms with Crippen LogP contribution in [0.5, 0.6) is 0 Å². The average Bonchev–Trinajstić information content (AvgIpc) is 3.43. The van der Waals surface area contributed by atoms with Crippen LogP contribution < -0.4 is 10.2 Å². The first kappa shape index (κ1) is 20.1. The number of ether oxygens (including phenoxy) is 1. The maximum Gasteiger partial charge on any atom is 0.277 e. The minimum absolute atomic E-state index is 0.0326. The van der Waals surface area contributed by atoms with Crippen LogP contribution in [-0.2, 0) is 16.1 Å². The summed E-state index contributed by atoms with van der Waals surface area (Å²) in [6.45, 7) is 4.08. The Kier molecular flexibility index (Phi) is 6.94. The minimum Gasteiger partial charge on any atom is -0.410 e. The van der Waals surface area contributed by atoms with Gasteiger partial charge in [-0.2, -0.15) is 0 Å². The number of amides is 1. The zero-order valence-electron chi connectivity index (χ0n) is 15.9. The molecule has 2 atom stereocenters. The number of quaternary nitrogens is 1. The number of hydrogen-bond acceptors (Lipinski definition) is 7. The largest absolute Gasteiger partial charge is 0.410 e. The fourth-order valence-corrected chi connectivity index (χ4v) is 4.44. The summed E-state index contributed by atoms with van der Waals surface area (Å²) < 4.78 is 11.4. The highest BCUT2D eigenvalue weighted by atomic mass is 32.2. The van der Waals surface area contributed by atoms with Gasteiger partial charge in [-0.1, -0.05) is 48.2 Å². The van der Waals surface area contributed by atoms with E-state index in [-0.39, 0.29) is 17.8 Å². The number of thiophene rings is 1. The van der Waals surface area contributed by atoms with Crippen molar-refractivity contribution in [1.82, 2.24) is 15.5 Å². The molecule has 0 bridgehead atoms. The third kappa shape index (κ3) is 5.89. The smallest absolute Gasteiger partial charge is 0.277 e. The number of nitrogens with zero attached hydrogens (tertiary/aromatic N) is 2. The van der Waals surface area contributed by atoms with Crippen molar-refractivity contribution in [2.24, 2.45) is 0 Å². The van der Waals surface area contributed by atoms with E-state index in [9.17, 15) is 4.79 Å². The van der Waals surface area contributed by atoms with Gasteiger partial charge in [0.05, 0.1) is 17.2 Å². The van der Waals surface area contributed by atoms with E-state index in [1.54, 1.807) is 0 Å². The summed E-state index contributed by atoms with van der Waals surface area (Å²) in [5, 5.41) is 13.3. The second-order valence-corrected chi connectivity index (χ2v) is 8.68. The first-order chi connectivity index (χ1) is 14.3. The van der Waals surface area contributed by atoms with Gasteiger partial charge in [-0.15, -0.1) is 21.5 Å². The molecule has 1 aliphatic rings. The molecule has 1 aliphatic heterocycles. The van der Waals surface area contributed by atoms with Crippen molar-refractivity contribution in [3.05, 3.63) is 53.4 Å². The van der Waals surface area contributed by atoms with Gasteiger partial charge < -0.3 is 19.4 Å². The van der Waals surface area contributed by atoms with Crippen molar-refractivity contribution in [2.45, 2.75) is 17.9 Å². The summed E-state index contributed by atoms with van der Waals surface area (Å²) >= 11 is 2.78. The molecule has 1 fully saturated rings. The van der Waals surface area contributed by atoms with Gasteiger partial charge in [0.1, 0.15) is 25.7 Å². The molecule has 9 heteroatoms. The number of carbonyl (C=O) groups excluding carboxylic acids is 1. The van der Waals surface area contributed by atoms with Crippen LogP contribution in [0.3, 0.4) is 0 Å². The number of aromatic nitrogens is 2. The lowest BCUT2D eigenvalue weighted by atomic mass is 10.2. The van der Waals surface area contributed by atoms with E-state index in [0.29, 0.717) is 24.3 Å². The molecular weight excluding hydrogens is 408 g/mol. The molecule has 1 unspecified atom stereocenters. The number of nitrogens with one attached hydrogen (secondary N) is 2. The number of rotatable bonds is 8. The van der Waals surface area contributed by atoms with E-state index in [4.69, 9.17) is 9.15 Å². The van der Waals surface area contributed by atoms with Crippen LogP contribution in [0, 0.1) is 0 Å². The molecule has 29 heavy (non-hydrogen) atoms. The maximum atomic E-state index is 12.2. The molecule has 1 amide bonds. The van der Waals surface area contributed by atoms with Gasteiger partial charge in [-0.3, -0.25) is 4.79 Å². The van der Waals surface area contributed by atoms with Gasteiger partial charge in [-0.25, -0.2) is 0 Å². The Morgan fingerprint density at radius 1 is 1.24 bits per heavy atom. The van der Waals surface area contributed by atoms with E-state index in [2.05, 4.69) is 39.8 Å². The molecule has 3 aromatic rings. The van der Waals surface area contributed by atoms with Crippen LogP contribution in [0.15, 0.2) is 57.5 Å². The van der Waals surface area contributed by atoms with Crippen molar-refractivity contribution in [3.8, 4) is 10.8 Å². The molecule has 2 aromatic heterocycles. The van der Waals surface area contributed by atoms with E-state index in [0.717, 1.165) is 24.5 Å². The van der Waals surface area contributed by atoms with Gasteiger partial charge in [0.25, 0.3) is 11.1 Å². The second-order valence-electron chi connectivity index (χ2n) is 6.80. The molecule has 1 aromatic carbocycles. The number of carbonyl (C=O) groups is 1. The fraction of sp³-hybridized carbons (Fsp3) is 0.350. The molecule has 3 heterocycles. The minimum atomic E-state index is -0.0651.